The molecule has 1 saturated heterocycles. The smallest absolute Gasteiger partial charge is 0.414 e. The molecule has 0 saturated carbocycles. The molecule has 0 aromatic heterocycles. The lowest BCUT2D eigenvalue weighted by atomic mass is 9.93. The third kappa shape index (κ3) is 7.46. The molecule has 9 heteroatoms. The number of nitrogens with zero attached hydrogens (tertiary/aromatic N) is 1. The topological polar surface area (TPSA) is 74.3 Å². The van der Waals surface area contributed by atoms with Gasteiger partial charge >= 0.3 is 13.7 Å². The average molecular weight is 586 g/mol. The first-order valence-corrected chi connectivity index (χ1v) is 15.5. The first-order chi connectivity index (χ1) is 18.9. The van der Waals surface area contributed by atoms with Crippen LogP contribution >= 0.6 is 19.2 Å². The van der Waals surface area contributed by atoms with Gasteiger partial charge in [0.2, 0.25) is 0 Å². The number of carbonyl (C=O) groups excluding carboxylic acids is 1. The summed E-state index contributed by atoms with van der Waals surface area (Å²) in [4.78, 5) is 13.5. The molecular formula is C31H37ClNO6P. The molecule has 214 valence electrons. The molecule has 1 fully saturated rings. The number of carbonyl (C=O) groups is 1. The summed E-state index contributed by atoms with van der Waals surface area (Å²) in [6.45, 7) is 8.56. The van der Waals surface area contributed by atoms with Crippen LogP contribution in [0.25, 0.3) is 0 Å². The molecule has 2 atom stereocenters. The van der Waals surface area contributed by atoms with Crippen molar-refractivity contribution in [3.05, 3.63) is 93.0 Å². The van der Waals surface area contributed by atoms with Gasteiger partial charge in [0.1, 0.15) is 11.5 Å². The van der Waals surface area contributed by atoms with Crippen molar-refractivity contribution in [2.45, 2.75) is 52.6 Å². The summed E-state index contributed by atoms with van der Waals surface area (Å²) < 4.78 is 36.3. The molecule has 3 aromatic rings. The molecule has 1 aliphatic heterocycles. The highest BCUT2D eigenvalue weighted by Crippen LogP contribution is 2.56. The van der Waals surface area contributed by atoms with Gasteiger partial charge in [0.15, 0.2) is 6.35 Å². The predicted octanol–water partition coefficient (Wildman–Crippen LogP) is 8.44. The number of ether oxygens (including phenoxy) is 2. The van der Waals surface area contributed by atoms with Crippen LogP contribution in [0.15, 0.2) is 54.6 Å². The van der Waals surface area contributed by atoms with Crippen molar-refractivity contribution in [2.24, 2.45) is 0 Å². The first-order valence-electron chi connectivity index (χ1n) is 13.4. The fourth-order valence-corrected chi connectivity index (χ4v) is 6.39. The standard InChI is InChI=1S/C31H37ClNO6P/c1-20(2)27-16-23(10-11-30(27)38-31(34)33(5)6)17-28-21(3)14-26(15-22(28)4)36-19-40(35)37-13-12-29(39-40)24-8-7-9-25(32)18-24/h7-11,14-16,18,20,29H,12-13,17,19H2,1-6H3/t29-,40+/m0/s1. The first kappa shape index (κ1) is 30.1. The fraction of sp³-hybridized carbons (Fsp3) is 0.387. The third-order valence-electron chi connectivity index (χ3n) is 6.87. The maximum absolute atomic E-state index is 13.3. The Kier molecular flexibility index (Phi) is 9.63. The number of benzene rings is 3. The van der Waals surface area contributed by atoms with Gasteiger partial charge in [-0.1, -0.05) is 49.7 Å². The van der Waals surface area contributed by atoms with Crippen molar-refractivity contribution in [2.75, 3.05) is 27.1 Å². The Hall–Kier alpha value is -2.83. The van der Waals surface area contributed by atoms with E-state index >= 15 is 0 Å². The molecule has 0 spiro atoms. The number of amides is 1. The summed E-state index contributed by atoms with van der Waals surface area (Å²) in [6.07, 6.45) is 0.373. The van der Waals surface area contributed by atoms with Crippen LogP contribution < -0.4 is 9.47 Å². The molecular weight excluding hydrogens is 549 g/mol. The Morgan fingerprint density at radius 3 is 2.48 bits per heavy atom. The van der Waals surface area contributed by atoms with Crippen LogP contribution in [0.2, 0.25) is 5.02 Å². The minimum Gasteiger partial charge on any atom is -0.481 e. The van der Waals surface area contributed by atoms with E-state index in [1.54, 1.807) is 20.2 Å². The summed E-state index contributed by atoms with van der Waals surface area (Å²) >= 11 is 6.13. The average Bonchev–Trinajstić information content (AvgIpc) is 2.90. The summed E-state index contributed by atoms with van der Waals surface area (Å²) in [5, 5.41) is 0.605. The normalized spacial score (nSPS) is 18.9. The van der Waals surface area contributed by atoms with Gasteiger partial charge in [-0.2, -0.15) is 0 Å². The third-order valence-corrected chi connectivity index (χ3v) is 8.71. The zero-order chi connectivity index (χ0) is 29.0. The zero-order valence-electron chi connectivity index (χ0n) is 23.9. The van der Waals surface area contributed by atoms with Crippen LogP contribution in [0.4, 0.5) is 4.79 Å². The van der Waals surface area contributed by atoms with Crippen LogP contribution in [0, 0.1) is 13.8 Å². The SMILES string of the molecule is Cc1cc(OC[P@@]2(=O)OCC[C@@H](c3cccc(Cl)c3)O2)cc(C)c1Cc1ccc(OC(=O)N(C)C)c(C(C)C)c1. The molecule has 0 bridgehead atoms. The molecule has 3 aromatic carbocycles. The number of rotatable bonds is 8. The van der Waals surface area contributed by atoms with Gasteiger partial charge in [-0.25, -0.2) is 4.79 Å². The molecule has 0 N–H and O–H groups in total. The van der Waals surface area contributed by atoms with Crippen molar-refractivity contribution >= 4 is 25.3 Å². The molecule has 1 amide bonds. The molecule has 40 heavy (non-hydrogen) atoms. The van der Waals surface area contributed by atoms with Crippen molar-refractivity contribution < 1.29 is 27.9 Å². The van der Waals surface area contributed by atoms with E-state index in [0.29, 0.717) is 36.0 Å². The highest BCUT2D eigenvalue weighted by molar-refractivity contribution is 7.53. The Morgan fingerprint density at radius 2 is 1.82 bits per heavy atom. The van der Waals surface area contributed by atoms with E-state index in [-0.39, 0.29) is 18.4 Å². The largest absolute Gasteiger partial charge is 0.481 e. The number of hydrogen-bond donors (Lipinski definition) is 0. The van der Waals surface area contributed by atoms with Crippen molar-refractivity contribution in [3.63, 3.8) is 0 Å². The molecule has 1 aliphatic rings. The van der Waals surface area contributed by atoms with Gasteiger partial charge in [0.05, 0.1) is 12.7 Å². The van der Waals surface area contributed by atoms with Crippen LogP contribution in [0.5, 0.6) is 11.5 Å². The highest BCUT2D eigenvalue weighted by Gasteiger charge is 2.35. The maximum atomic E-state index is 13.3. The summed E-state index contributed by atoms with van der Waals surface area (Å²) in [7, 11) is -0.127. The van der Waals surface area contributed by atoms with Gasteiger partial charge in [-0.3, -0.25) is 9.09 Å². The van der Waals surface area contributed by atoms with Gasteiger partial charge in [0.25, 0.3) is 0 Å². The van der Waals surface area contributed by atoms with E-state index in [1.165, 1.54) is 10.5 Å². The van der Waals surface area contributed by atoms with Crippen LogP contribution in [0.1, 0.15) is 65.7 Å². The Bertz CT molecular complexity index is 1400. The maximum Gasteiger partial charge on any atom is 0.414 e. The highest BCUT2D eigenvalue weighted by atomic mass is 35.5. The Labute approximate surface area is 241 Å². The molecule has 4 rings (SSSR count). The van der Waals surface area contributed by atoms with Gasteiger partial charge in [0, 0.05) is 25.5 Å². The van der Waals surface area contributed by atoms with E-state index in [2.05, 4.69) is 19.9 Å². The lowest BCUT2D eigenvalue weighted by molar-refractivity contribution is 0.0725. The van der Waals surface area contributed by atoms with Crippen LogP contribution in [0.3, 0.4) is 0 Å². The number of halogens is 1. The van der Waals surface area contributed by atoms with E-state index in [0.717, 1.165) is 27.8 Å². The quantitative estimate of drug-likeness (QED) is 0.247. The van der Waals surface area contributed by atoms with Crippen molar-refractivity contribution in [3.8, 4) is 11.5 Å². The van der Waals surface area contributed by atoms with Crippen molar-refractivity contribution in [1.82, 2.24) is 4.90 Å². The predicted molar refractivity (Wildman–Crippen MR) is 158 cm³/mol. The van der Waals surface area contributed by atoms with Crippen molar-refractivity contribution in [1.29, 1.82) is 0 Å². The summed E-state index contributed by atoms with van der Waals surface area (Å²) in [5.41, 5.74) is 6.27. The second-order valence-electron chi connectivity index (χ2n) is 10.7. The van der Waals surface area contributed by atoms with Crippen LogP contribution in [-0.4, -0.2) is 38.0 Å². The summed E-state index contributed by atoms with van der Waals surface area (Å²) in [6, 6.07) is 17.2. The lowest BCUT2D eigenvalue weighted by Gasteiger charge is -2.30. The minimum absolute atomic E-state index is 0.173. The van der Waals surface area contributed by atoms with Gasteiger partial charge in [-0.05, 0) is 89.9 Å². The molecule has 0 aliphatic carbocycles. The monoisotopic (exact) mass is 585 g/mol. The second kappa shape index (κ2) is 12.8. The number of hydrogen-bond acceptors (Lipinski definition) is 6. The fourth-order valence-electron chi connectivity index (χ4n) is 4.69. The molecule has 7 nitrogen and oxygen atoms in total. The van der Waals surface area contributed by atoms with Crippen LogP contribution in [-0.2, 0) is 20.0 Å². The Morgan fingerprint density at radius 1 is 1.10 bits per heavy atom. The summed E-state index contributed by atoms with van der Waals surface area (Å²) in [5.74, 6) is 1.38. The molecule has 0 radical (unpaired) electrons. The van der Waals surface area contributed by atoms with Gasteiger partial charge in [-0.15, -0.1) is 0 Å². The number of aryl methyl sites for hydroxylation is 2. The molecule has 0 unspecified atom stereocenters. The lowest BCUT2D eigenvalue weighted by Crippen LogP contribution is -2.25. The zero-order valence-corrected chi connectivity index (χ0v) is 25.6. The molecule has 1 heterocycles. The van der Waals surface area contributed by atoms with Gasteiger partial charge < -0.3 is 18.9 Å². The van der Waals surface area contributed by atoms with E-state index in [4.69, 9.17) is 30.1 Å². The minimum atomic E-state index is -3.45. The van der Waals surface area contributed by atoms with E-state index < -0.39 is 13.7 Å². The Balaban J connectivity index is 1.45. The van der Waals surface area contributed by atoms with E-state index in [9.17, 15) is 9.36 Å². The second-order valence-corrected chi connectivity index (χ2v) is 13.0. The van der Waals surface area contributed by atoms with E-state index in [1.807, 2.05) is 56.3 Å².